The van der Waals surface area contributed by atoms with Crippen molar-refractivity contribution in [1.82, 2.24) is 25.2 Å². The summed E-state index contributed by atoms with van der Waals surface area (Å²) >= 11 is 1.30. The zero-order chi connectivity index (χ0) is 19.4. The molecule has 144 valence electrons. The maximum Gasteiger partial charge on any atom is 0.272 e. The average molecular weight is 392 g/mol. The van der Waals surface area contributed by atoms with E-state index in [-0.39, 0.29) is 56.1 Å². The summed E-state index contributed by atoms with van der Waals surface area (Å²) in [4.78, 5) is 38.1. The molecule has 2 aromatic rings. The number of nitrogens with two attached hydrogens (primary N) is 1. The van der Waals surface area contributed by atoms with E-state index < -0.39 is 11.5 Å². The Morgan fingerprint density at radius 2 is 2.26 bits per heavy atom. The predicted molar refractivity (Wildman–Crippen MR) is 97.3 cm³/mol. The SMILES string of the molecule is Cc1cc(C(=O)N2CCOC[C@](O)(CNC(=O)c3cscn3)C2)nc(N)n1. The van der Waals surface area contributed by atoms with Gasteiger partial charge in [-0.05, 0) is 13.0 Å². The van der Waals surface area contributed by atoms with Crippen LogP contribution in [0.4, 0.5) is 5.95 Å². The summed E-state index contributed by atoms with van der Waals surface area (Å²) in [7, 11) is 0. The van der Waals surface area contributed by atoms with Gasteiger partial charge in [0.25, 0.3) is 11.8 Å². The number of nitrogens with one attached hydrogen (secondary N) is 1. The first-order valence-electron chi connectivity index (χ1n) is 8.23. The Labute approximate surface area is 159 Å². The molecule has 0 aromatic carbocycles. The Morgan fingerprint density at radius 3 is 2.96 bits per heavy atom. The van der Waals surface area contributed by atoms with Gasteiger partial charge in [-0.3, -0.25) is 9.59 Å². The second kappa shape index (κ2) is 7.94. The van der Waals surface area contributed by atoms with Crippen LogP contribution in [0, 0.1) is 6.92 Å². The Hall–Kier alpha value is -2.63. The molecule has 1 atom stereocenters. The second-order valence-electron chi connectivity index (χ2n) is 6.31. The molecule has 1 fully saturated rings. The molecule has 2 aromatic heterocycles. The fourth-order valence-corrected chi connectivity index (χ4v) is 3.25. The number of β-amino-alcohol motifs (C(OH)–C–C–N with tert-alkyl or cyclic N) is 1. The van der Waals surface area contributed by atoms with Gasteiger partial charge in [0, 0.05) is 17.6 Å². The number of anilines is 1. The number of nitrogens with zero attached hydrogens (tertiary/aromatic N) is 4. The van der Waals surface area contributed by atoms with Crippen molar-refractivity contribution in [3.8, 4) is 0 Å². The van der Waals surface area contributed by atoms with Crippen LogP contribution in [0.1, 0.15) is 26.7 Å². The van der Waals surface area contributed by atoms with Crippen LogP contribution in [0.3, 0.4) is 0 Å². The molecule has 1 aliphatic heterocycles. The lowest BCUT2D eigenvalue weighted by Crippen LogP contribution is -2.53. The number of carbonyl (C=O) groups excluding carboxylic acids is 2. The zero-order valence-electron chi connectivity index (χ0n) is 14.7. The molecule has 0 radical (unpaired) electrons. The number of aryl methyl sites for hydroxylation is 1. The number of rotatable bonds is 4. The molecule has 1 aliphatic rings. The summed E-state index contributed by atoms with van der Waals surface area (Å²) in [5.74, 6) is -0.775. The van der Waals surface area contributed by atoms with E-state index in [0.29, 0.717) is 5.69 Å². The molecule has 4 N–H and O–H groups in total. The number of amides is 2. The highest BCUT2D eigenvalue weighted by Crippen LogP contribution is 2.15. The molecule has 3 heterocycles. The van der Waals surface area contributed by atoms with Crippen LogP contribution < -0.4 is 11.1 Å². The van der Waals surface area contributed by atoms with E-state index in [0.717, 1.165) is 0 Å². The number of carbonyl (C=O) groups is 2. The number of hydrogen-bond donors (Lipinski definition) is 3. The smallest absolute Gasteiger partial charge is 0.272 e. The molecule has 11 heteroatoms. The number of nitrogen functional groups attached to an aromatic ring is 1. The summed E-state index contributed by atoms with van der Waals surface area (Å²) in [5, 5.41) is 15.1. The third kappa shape index (κ3) is 4.76. The summed E-state index contributed by atoms with van der Waals surface area (Å²) in [6, 6.07) is 1.54. The summed E-state index contributed by atoms with van der Waals surface area (Å²) in [6.07, 6.45) is 0. The van der Waals surface area contributed by atoms with Crippen molar-refractivity contribution >= 4 is 29.1 Å². The number of ether oxygens (including phenoxy) is 1. The lowest BCUT2D eigenvalue weighted by Gasteiger charge is -2.30. The second-order valence-corrected chi connectivity index (χ2v) is 7.03. The Bertz CT molecular complexity index is 810. The topological polar surface area (TPSA) is 144 Å². The summed E-state index contributed by atoms with van der Waals surface area (Å²) in [5.41, 5.74) is 6.73. The summed E-state index contributed by atoms with van der Waals surface area (Å²) < 4.78 is 5.43. The van der Waals surface area contributed by atoms with Crippen LogP contribution in [0.5, 0.6) is 0 Å². The van der Waals surface area contributed by atoms with Gasteiger partial charge >= 0.3 is 0 Å². The molecule has 27 heavy (non-hydrogen) atoms. The van der Waals surface area contributed by atoms with Gasteiger partial charge in [-0.25, -0.2) is 15.0 Å². The van der Waals surface area contributed by atoms with Crippen molar-refractivity contribution in [1.29, 1.82) is 0 Å². The van der Waals surface area contributed by atoms with E-state index in [1.807, 2.05) is 0 Å². The van der Waals surface area contributed by atoms with Crippen LogP contribution in [0.2, 0.25) is 0 Å². The first kappa shape index (κ1) is 19.1. The van der Waals surface area contributed by atoms with E-state index in [9.17, 15) is 14.7 Å². The van der Waals surface area contributed by atoms with E-state index in [2.05, 4.69) is 20.3 Å². The largest absolute Gasteiger partial charge is 0.384 e. The monoisotopic (exact) mass is 392 g/mol. The first-order chi connectivity index (χ1) is 12.9. The average Bonchev–Trinajstić information content (AvgIpc) is 3.09. The van der Waals surface area contributed by atoms with Gasteiger partial charge in [0.1, 0.15) is 17.0 Å². The molecule has 3 rings (SSSR count). The molecule has 0 bridgehead atoms. The first-order valence-corrected chi connectivity index (χ1v) is 9.17. The predicted octanol–water partition coefficient (Wildman–Crippen LogP) is -0.543. The quantitative estimate of drug-likeness (QED) is 0.629. The lowest BCUT2D eigenvalue weighted by atomic mass is 10.0. The van der Waals surface area contributed by atoms with Gasteiger partial charge in [0.15, 0.2) is 0 Å². The normalized spacial score (nSPS) is 20.1. The third-order valence-electron chi connectivity index (χ3n) is 3.98. The number of aromatic nitrogens is 3. The molecule has 0 unspecified atom stereocenters. The number of thiazole rings is 1. The minimum atomic E-state index is -1.44. The van der Waals surface area contributed by atoms with Crippen molar-refractivity contribution in [2.45, 2.75) is 12.5 Å². The maximum atomic E-state index is 12.8. The van der Waals surface area contributed by atoms with Crippen molar-refractivity contribution in [3.63, 3.8) is 0 Å². The molecule has 1 saturated heterocycles. The molecule has 0 aliphatic carbocycles. The van der Waals surface area contributed by atoms with Gasteiger partial charge in [-0.1, -0.05) is 0 Å². The highest BCUT2D eigenvalue weighted by molar-refractivity contribution is 7.07. The fraction of sp³-hybridized carbons (Fsp3) is 0.438. The zero-order valence-corrected chi connectivity index (χ0v) is 15.5. The lowest BCUT2D eigenvalue weighted by molar-refractivity contribution is -0.0324. The van der Waals surface area contributed by atoms with Crippen molar-refractivity contribution < 1.29 is 19.4 Å². The van der Waals surface area contributed by atoms with Crippen LogP contribution >= 0.6 is 11.3 Å². The van der Waals surface area contributed by atoms with Gasteiger partial charge in [0.05, 0.1) is 31.8 Å². The molecule has 2 amide bonds. The van der Waals surface area contributed by atoms with E-state index in [1.54, 1.807) is 17.8 Å². The molecular formula is C16H20N6O4S. The van der Waals surface area contributed by atoms with Gasteiger partial charge in [-0.2, -0.15) is 0 Å². The third-order valence-corrected chi connectivity index (χ3v) is 4.57. The van der Waals surface area contributed by atoms with E-state index in [4.69, 9.17) is 10.5 Å². The van der Waals surface area contributed by atoms with E-state index in [1.165, 1.54) is 22.3 Å². The van der Waals surface area contributed by atoms with Crippen molar-refractivity contribution in [2.24, 2.45) is 0 Å². The minimum Gasteiger partial charge on any atom is -0.384 e. The van der Waals surface area contributed by atoms with Gasteiger partial charge < -0.3 is 25.8 Å². The Kier molecular flexibility index (Phi) is 5.63. The summed E-state index contributed by atoms with van der Waals surface area (Å²) in [6.45, 7) is 2.13. The Balaban J connectivity index is 1.70. The highest BCUT2D eigenvalue weighted by atomic mass is 32.1. The molecule has 0 saturated carbocycles. The Morgan fingerprint density at radius 1 is 1.44 bits per heavy atom. The maximum absolute atomic E-state index is 12.8. The standard InChI is InChI=1S/C16H20N6O4S/c1-10-4-11(21-15(17)20-10)14(24)22-2-3-26-8-16(25,7-22)6-18-13(23)12-5-27-9-19-12/h4-5,9,25H,2-3,6-8H2,1H3,(H,18,23)(H2,17,20,21)/t16-/m0/s1. The van der Waals surface area contributed by atoms with Crippen molar-refractivity contribution in [2.75, 3.05) is 38.6 Å². The number of aliphatic hydroxyl groups is 1. The molecule has 10 nitrogen and oxygen atoms in total. The fourth-order valence-electron chi connectivity index (χ4n) is 2.72. The van der Waals surface area contributed by atoms with Gasteiger partial charge in [0.2, 0.25) is 5.95 Å². The van der Waals surface area contributed by atoms with Crippen LogP contribution in [-0.2, 0) is 4.74 Å². The van der Waals surface area contributed by atoms with Crippen LogP contribution in [0.25, 0.3) is 0 Å². The van der Waals surface area contributed by atoms with Gasteiger partial charge in [-0.15, -0.1) is 11.3 Å². The minimum absolute atomic E-state index is 0.00945. The molecule has 0 spiro atoms. The van der Waals surface area contributed by atoms with Crippen molar-refractivity contribution in [3.05, 3.63) is 34.0 Å². The molecular weight excluding hydrogens is 372 g/mol. The number of hydrogen-bond acceptors (Lipinski definition) is 9. The highest BCUT2D eigenvalue weighted by Gasteiger charge is 2.35. The van der Waals surface area contributed by atoms with Crippen LogP contribution in [-0.4, -0.2) is 75.2 Å². The van der Waals surface area contributed by atoms with Crippen LogP contribution in [0.15, 0.2) is 17.0 Å². The van der Waals surface area contributed by atoms with E-state index >= 15 is 0 Å².